The molecule has 0 aliphatic rings. The largest absolute Gasteiger partial charge is 0.373 e. The Hall–Kier alpha value is -4.22. The zero-order chi connectivity index (χ0) is 29.0. The summed E-state index contributed by atoms with van der Waals surface area (Å²) in [7, 11) is 1.76. The number of hydrogen-bond donors (Lipinski definition) is 3. The van der Waals surface area contributed by atoms with Crippen LogP contribution < -0.4 is 10.6 Å². The van der Waals surface area contributed by atoms with Gasteiger partial charge in [0.25, 0.3) is 0 Å². The van der Waals surface area contributed by atoms with Crippen molar-refractivity contribution in [3.05, 3.63) is 94.1 Å². The van der Waals surface area contributed by atoms with Gasteiger partial charge in [0.1, 0.15) is 11.2 Å². The molecule has 0 spiro atoms. The standard InChI is InChI=1S/C30H35N7O3S/c1-21(38)37(2)20-24-12-8-11-23(17-24)19-28(40)32-30-36-35-29(41-30)14-7-6-13-25-15-16-26(34-33-25)31-27(39)18-22-9-4-3-5-10-22/h3-5,8-12,15-17,28,40H,6-7,13-14,18-20H2,1-2H3,(H,32,36)(H,31,34,39). The number of aliphatic hydroxyl groups excluding tert-OH is 1. The molecule has 4 rings (SSSR count). The second-order valence-corrected chi connectivity index (χ2v) is 10.9. The highest BCUT2D eigenvalue weighted by Gasteiger charge is 2.12. The van der Waals surface area contributed by atoms with E-state index in [4.69, 9.17) is 0 Å². The van der Waals surface area contributed by atoms with Gasteiger partial charge < -0.3 is 20.6 Å². The zero-order valence-electron chi connectivity index (χ0n) is 23.3. The Morgan fingerprint density at radius 3 is 2.41 bits per heavy atom. The van der Waals surface area contributed by atoms with E-state index in [9.17, 15) is 14.7 Å². The molecule has 41 heavy (non-hydrogen) atoms. The minimum atomic E-state index is -0.804. The van der Waals surface area contributed by atoms with E-state index in [1.807, 2.05) is 60.7 Å². The van der Waals surface area contributed by atoms with Gasteiger partial charge in [-0.25, -0.2) is 0 Å². The highest BCUT2D eigenvalue weighted by molar-refractivity contribution is 7.15. The summed E-state index contributed by atoms with van der Waals surface area (Å²) in [5.41, 5.74) is 3.79. The molecule has 1 atom stereocenters. The van der Waals surface area contributed by atoms with Crippen molar-refractivity contribution in [3.8, 4) is 0 Å². The molecule has 2 amide bonds. The number of unbranched alkanes of at least 4 members (excludes halogenated alkanes) is 1. The SMILES string of the molecule is CC(=O)N(C)Cc1cccc(CC(O)Nc2nnc(CCCCc3ccc(NC(=O)Cc4ccccc4)nn3)s2)c1. The predicted octanol–water partition coefficient (Wildman–Crippen LogP) is 4.03. The lowest BCUT2D eigenvalue weighted by Crippen LogP contribution is -2.23. The summed E-state index contributed by atoms with van der Waals surface area (Å²) >= 11 is 1.44. The van der Waals surface area contributed by atoms with E-state index in [0.29, 0.717) is 30.3 Å². The van der Waals surface area contributed by atoms with Crippen LogP contribution in [0.25, 0.3) is 0 Å². The summed E-state index contributed by atoms with van der Waals surface area (Å²) < 4.78 is 0. The van der Waals surface area contributed by atoms with Crippen molar-refractivity contribution in [2.45, 2.75) is 58.2 Å². The van der Waals surface area contributed by atoms with Gasteiger partial charge in [-0.1, -0.05) is 65.9 Å². The maximum Gasteiger partial charge on any atom is 0.229 e. The number of aryl methyl sites for hydroxylation is 2. The van der Waals surface area contributed by atoms with E-state index in [0.717, 1.165) is 53.1 Å². The second kappa shape index (κ2) is 15.0. The molecule has 11 heteroatoms. The molecule has 0 aliphatic heterocycles. The van der Waals surface area contributed by atoms with Crippen LogP contribution in [0, 0.1) is 0 Å². The molecule has 2 heterocycles. The predicted molar refractivity (Wildman–Crippen MR) is 159 cm³/mol. The Labute approximate surface area is 243 Å². The van der Waals surface area contributed by atoms with Crippen LogP contribution in [0.15, 0.2) is 66.7 Å². The lowest BCUT2D eigenvalue weighted by atomic mass is 10.1. The quantitative estimate of drug-likeness (QED) is 0.152. The number of aromatic nitrogens is 4. The molecule has 0 aliphatic carbocycles. The third kappa shape index (κ3) is 10.0. The summed E-state index contributed by atoms with van der Waals surface area (Å²) in [5.74, 6) is 0.327. The Balaban J connectivity index is 1.15. The average Bonchev–Trinajstić information content (AvgIpc) is 3.39. The molecule has 0 fully saturated rings. The molecule has 0 saturated heterocycles. The van der Waals surface area contributed by atoms with Crippen LogP contribution in [0.1, 0.15) is 47.2 Å². The summed E-state index contributed by atoms with van der Waals surface area (Å²) in [4.78, 5) is 25.3. The van der Waals surface area contributed by atoms with Gasteiger partial charge in [0.05, 0.1) is 12.1 Å². The minimum Gasteiger partial charge on any atom is -0.373 e. The summed E-state index contributed by atoms with van der Waals surface area (Å²) in [6.07, 6.45) is 3.27. The summed E-state index contributed by atoms with van der Waals surface area (Å²) in [6.45, 7) is 2.07. The first-order valence-electron chi connectivity index (χ1n) is 13.6. The molecule has 2 aromatic carbocycles. The van der Waals surface area contributed by atoms with Crippen molar-refractivity contribution in [2.24, 2.45) is 0 Å². The molecule has 0 saturated carbocycles. The van der Waals surface area contributed by atoms with Gasteiger partial charge in [-0.2, -0.15) is 5.10 Å². The third-order valence-corrected chi connectivity index (χ3v) is 7.32. The molecule has 4 aromatic rings. The molecular formula is C30H35N7O3S. The van der Waals surface area contributed by atoms with Gasteiger partial charge in [-0.3, -0.25) is 9.59 Å². The minimum absolute atomic E-state index is 0.00789. The van der Waals surface area contributed by atoms with E-state index >= 15 is 0 Å². The van der Waals surface area contributed by atoms with Crippen molar-refractivity contribution in [3.63, 3.8) is 0 Å². The van der Waals surface area contributed by atoms with Crippen LogP contribution in [0.5, 0.6) is 0 Å². The highest BCUT2D eigenvalue weighted by atomic mass is 32.1. The number of nitrogens with zero attached hydrogens (tertiary/aromatic N) is 5. The fourth-order valence-corrected chi connectivity index (χ4v) is 5.01. The molecule has 0 bridgehead atoms. The monoisotopic (exact) mass is 573 g/mol. The van der Waals surface area contributed by atoms with Crippen molar-refractivity contribution in [2.75, 3.05) is 17.7 Å². The highest BCUT2D eigenvalue weighted by Crippen LogP contribution is 2.19. The number of aliphatic hydroxyl groups is 1. The fourth-order valence-electron chi connectivity index (χ4n) is 4.18. The van der Waals surface area contributed by atoms with Crippen LogP contribution in [0.4, 0.5) is 10.9 Å². The Morgan fingerprint density at radius 1 is 0.902 bits per heavy atom. The lowest BCUT2D eigenvalue weighted by molar-refractivity contribution is -0.128. The first-order chi connectivity index (χ1) is 19.8. The Kier molecular flexibility index (Phi) is 10.9. The molecule has 2 aromatic heterocycles. The van der Waals surface area contributed by atoms with Crippen LogP contribution >= 0.6 is 11.3 Å². The van der Waals surface area contributed by atoms with E-state index in [1.54, 1.807) is 24.9 Å². The number of hydrogen-bond acceptors (Lipinski definition) is 9. The number of carbonyl (C=O) groups excluding carboxylic acids is 2. The smallest absolute Gasteiger partial charge is 0.229 e. The molecule has 214 valence electrons. The summed E-state index contributed by atoms with van der Waals surface area (Å²) in [5, 5.41) is 34.6. The van der Waals surface area contributed by atoms with Gasteiger partial charge >= 0.3 is 0 Å². The average molecular weight is 574 g/mol. The molecular weight excluding hydrogens is 538 g/mol. The first-order valence-corrected chi connectivity index (χ1v) is 14.4. The fraction of sp³-hybridized carbons (Fsp3) is 0.333. The van der Waals surface area contributed by atoms with Gasteiger partial charge in [-0.05, 0) is 48.1 Å². The van der Waals surface area contributed by atoms with Crippen LogP contribution in [-0.2, 0) is 41.8 Å². The van der Waals surface area contributed by atoms with E-state index in [2.05, 4.69) is 31.0 Å². The Morgan fingerprint density at radius 2 is 1.66 bits per heavy atom. The maximum atomic E-state index is 12.2. The van der Waals surface area contributed by atoms with Crippen LogP contribution in [0.2, 0.25) is 0 Å². The van der Waals surface area contributed by atoms with Crippen molar-refractivity contribution >= 4 is 34.1 Å². The first kappa shape index (κ1) is 29.8. The second-order valence-electron chi connectivity index (χ2n) is 9.89. The van der Waals surface area contributed by atoms with E-state index in [1.165, 1.54) is 11.3 Å². The molecule has 10 nitrogen and oxygen atoms in total. The number of amides is 2. The molecule has 3 N–H and O–H groups in total. The van der Waals surface area contributed by atoms with Crippen LogP contribution in [-0.4, -0.2) is 55.5 Å². The van der Waals surface area contributed by atoms with Gasteiger partial charge in [-0.15, -0.1) is 15.3 Å². The van der Waals surface area contributed by atoms with Crippen LogP contribution in [0.3, 0.4) is 0 Å². The number of rotatable bonds is 14. The molecule has 0 radical (unpaired) electrons. The van der Waals surface area contributed by atoms with E-state index < -0.39 is 6.23 Å². The van der Waals surface area contributed by atoms with Crippen molar-refractivity contribution in [1.82, 2.24) is 25.3 Å². The maximum absolute atomic E-state index is 12.2. The molecule has 1 unspecified atom stereocenters. The lowest BCUT2D eigenvalue weighted by Gasteiger charge is -2.16. The number of anilines is 2. The number of nitrogens with one attached hydrogen (secondary N) is 2. The Bertz CT molecular complexity index is 1410. The van der Waals surface area contributed by atoms with Crippen molar-refractivity contribution < 1.29 is 14.7 Å². The van der Waals surface area contributed by atoms with Gasteiger partial charge in [0, 0.05) is 33.4 Å². The summed E-state index contributed by atoms with van der Waals surface area (Å²) in [6, 6.07) is 21.1. The number of carbonyl (C=O) groups is 2. The zero-order valence-corrected chi connectivity index (χ0v) is 24.1. The van der Waals surface area contributed by atoms with Crippen molar-refractivity contribution in [1.29, 1.82) is 0 Å². The van der Waals surface area contributed by atoms with E-state index in [-0.39, 0.29) is 11.8 Å². The number of benzene rings is 2. The topological polar surface area (TPSA) is 133 Å². The third-order valence-electron chi connectivity index (χ3n) is 6.40. The van der Waals surface area contributed by atoms with Gasteiger partial charge in [0.2, 0.25) is 16.9 Å². The normalized spacial score (nSPS) is 11.6. The van der Waals surface area contributed by atoms with Gasteiger partial charge in [0.15, 0.2) is 5.82 Å².